The predicted molar refractivity (Wildman–Crippen MR) is 68.2 cm³/mol. The van der Waals surface area contributed by atoms with E-state index in [0.717, 1.165) is 12.2 Å². The molecule has 0 radical (unpaired) electrons. The first-order valence-corrected chi connectivity index (χ1v) is 6.05. The largest absolute Gasteiger partial charge is 0.423 e. The lowest BCUT2D eigenvalue weighted by atomic mass is 10.4. The first kappa shape index (κ1) is 16.1. The van der Waals surface area contributed by atoms with Gasteiger partial charge in [0.15, 0.2) is 0 Å². The third-order valence-corrected chi connectivity index (χ3v) is 1.97. The van der Waals surface area contributed by atoms with E-state index in [-0.39, 0.29) is 0 Å². The van der Waals surface area contributed by atoms with Crippen LogP contribution in [0.4, 0.5) is 0 Å². The summed E-state index contributed by atoms with van der Waals surface area (Å²) in [7, 11) is 0. The summed E-state index contributed by atoms with van der Waals surface area (Å²) < 4.78 is 19.6. The lowest BCUT2D eigenvalue weighted by molar-refractivity contribution is -0.131. The van der Waals surface area contributed by atoms with Crippen molar-refractivity contribution in [2.24, 2.45) is 0 Å². The van der Waals surface area contributed by atoms with Gasteiger partial charge in [-0.1, -0.05) is 36.5 Å². The van der Waals surface area contributed by atoms with Gasteiger partial charge in [0.2, 0.25) is 0 Å². The Balaban J connectivity index is 4.11. The zero-order valence-corrected chi connectivity index (χ0v) is 10.9. The van der Waals surface area contributed by atoms with Gasteiger partial charge in [-0.15, -0.1) is 0 Å². The van der Waals surface area contributed by atoms with Gasteiger partial charge in [-0.25, -0.2) is 9.59 Å². The van der Waals surface area contributed by atoms with Gasteiger partial charge in [-0.2, -0.15) is 4.21 Å². The fraction of sp³-hybridized carbons (Fsp3) is 0.167. The molecule has 18 heavy (non-hydrogen) atoms. The minimum atomic E-state index is -2.44. The van der Waals surface area contributed by atoms with Gasteiger partial charge in [0, 0.05) is 12.2 Å². The van der Waals surface area contributed by atoms with Crippen molar-refractivity contribution in [1.82, 2.24) is 0 Å². The molecule has 0 aromatic rings. The molecule has 0 N–H and O–H groups in total. The van der Waals surface area contributed by atoms with Gasteiger partial charge in [-0.3, -0.25) is 0 Å². The highest BCUT2D eigenvalue weighted by Crippen LogP contribution is 1.94. The van der Waals surface area contributed by atoms with E-state index in [1.807, 2.05) is 0 Å². The van der Waals surface area contributed by atoms with Crippen molar-refractivity contribution < 1.29 is 22.2 Å². The normalized spacial score (nSPS) is 12.2. The lowest BCUT2D eigenvalue weighted by Crippen LogP contribution is -2.10. The number of carbonyl (C=O) groups excluding carboxylic acids is 2. The highest BCUT2D eigenvalue weighted by molar-refractivity contribution is 7.76. The van der Waals surface area contributed by atoms with Crippen LogP contribution in [-0.4, -0.2) is 16.1 Å². The van der Waals surface area contributed by atoms with Crippen molar-refractivity contribution in [3.63, 3.8) is 0 Å². The molecule has 6 heteroatoms. The summed E-state index contributed by atoms with van der Waals surface area (Å²) in [6.45, 7) is 3.54. The molecule has 0 amide bonds. The maximum absolute atomic E-state index is 11.1. The Morgan fingerprint density at radius 1 is 0.833 bits per heavy atom. The van der Waals surface area contributed by atoms with Crippen molar-refractivity contribution in [3.05, 3.63) is 48.6 Å². The molecule has 98 valence electrons. The van der Waals surface area contributed by atoms with E-state index < -0.39 is 23.3 Å². The third-order valence-electron chi connectivity index (χ3n) is 1.37. The molecule has 0 saturated carbocycles. The van der Waals surface area contributed by atoms with E-state index in [2.05, 4.69) is 8.37 Å². The van der Waals surface area contributed by atoms with Crippen molar-refractivity contribution in [2.75, 3.05) is 0 Å². The first-order valence-electron chi connectivity index (χ1n) is 5.05. The zero-order valence-electron chi connectivity index (χ0n) is 10.1. The van der Waals surface area contributed by atoms with Crippen LogP contribution < -0.4 is 0 Å². The average molecular weight is 270 g/mol. The van der Waals surface area contributed by atoms with E-state index in [4.69, 9.17) is 0 Å². The summed E-state index contributed by atoms with van der Waals surface area (Å²) in [4.78, 5) is 22.0. The second-order valence-corrected chi connectivity index (χ2v) is 3.52. The molecule has 0 atom stereocenters. The molecular weight excluding hydrogens is 256 g/mol. The molecule has 0 bridgehead atoms. The number of rotatable bonds is 6. The number of carbonyl (C=O) groups is 2. The van der Waals surface area contributed by atoms with Crippen LogP contribution in [0.2, 0.25) is 0 Å². The fourth-order valence-electron chi connectivity index (χ4n) is 0.697. The Kier molecular flexibility index (Phi) is 9.11. The highest BCUT2D eigenvalue weighted by atomic mass is 32.2. The van der Waals surface area contributed by atoms with Crippen LogP contribution in [0.15, 0.2) is 48.6 Å². The SMILES string of the molecule is C/C=C/C=C/C(=O)OS(=O)OC(=O)/C=C/C=C/C. The maximum atomic E-state index is 11.1. The Morgan fingerprint density at radius 3 is 1.56 bits per heavy atom. The molecule has 0 aliphatic heterocycles. The maximum Gasteiger partial charge on any atom is 0.423 e. The summed E-state index contributed by atoms with van der Waals surface area (Å²) in [5, 5.41) is 0. The van der Waals surface area contributed by atoms with Crippen LogP contribution in [0.3, 0.4) is 0 Å². The third kappa shape index (κ3) is 9.29. The molecule has 0 rings (SSSR count). The molecule has 0 heterocycles. The summed E-state index contributed by atoms with van der Waals surface area (Å²) in [5.74, 6) is -1.73. The van der Waals surface area contributed by atoms with Crippen molar-refractivity contribution >= 4 is 23.3 Å². The van der Waals surface area contributed by atoms with Gasteiger partial charge >= 0.3 is 23.3 Å². The van der Waals surface area contributed by atoms with Gasteiger partial charge in [0.1, 0.15) is 0 Å². The summed E-state index contributed by atoms with van der Waals surface area (Å²) in [5.41, 5.74) is 0. The number of hydrogen-bond acceptors (Lipinski definition) is 5. The smallest absolute Gasteiger partial charge is 0.330 e. The van der Waals surface area contributed by atoms with Crippen LogP contribution in [-0.2, 0) is 29.3 Å². The van der Waals surface area contributed by atoms with Crippen molar-refractivity contribution in [2.45, 2.75) is 13.8 Å². The van der Waals surface area contributed by atoms with Gasteiger partial charge < -0.3 is 8.37 Å². The Hall–Kier alpha value is -1.95. The second-order valence-electron chi connectivity index (χ2n) is 2.78. The Bertz CT molecular complexity index is 380. The minimum absolute atomic E-state index is 0.864. The molecule has 0 unspecified atom stereocenters. The van der Waals surface area contributed by atoms with Gasteiger partial charge in [0.05, 0.1) is 0 Å². The minimum Gasteiger partial charge on any atom is -0.330 e. The summed E-state index contributed by atoms with van der Waals surface area (Å²) in [6, 6.07) is 0. The Labute approximate surface area is 108 Å². The molecule has 0 aliphatic rings. The van der Waals surface area contributed by atoms with Crippen LogP contribution in [0.5, 0.6) is 0 Å². The van der Waals surface area contributed by atoms with Gasteiger partial charge in [-0.05, 0) is 13.8 Å². The molecule has 0 aromatic heterocycles. The van der Waals surface area contributed by atoms with Crippen molar-refractivity contribution in [1.29, 1.82) is 0 Å². The average Bonchev–Trinajstić information content (AvgIpc) is 2.29. The van der Waals surface area contributed by atoms with Crippen LogP contribution in [0, 0.1) is 0 Å². The van der Waals surface area contributed by atoms with Crippen LogP contribution in [0.25, 0.3) is 0 Å². The lowest BCUT2D eigenvalue weighted by Gasteiger charge is -1.98. The molecule has 5 nitrogen and oxygen atoms in total. The van der Waals surface area contributed by atoms with Gasteiger partial charge in [0.25, 0.3) is 0 Å². The van der Waals surface area contributed by atoms with E-state index >= 15 is 0 Å². The zero-order chi connectivity index (χ0) is 13.8. The topological polar surface area (TPSA) is 69.7 Å². The van der Waals surface area contributed by atoms with E-state index in [1.54, 1.807) is 38.2 Å². The second kappa shape index (κ2) is 10.2. The van der Waals surface area contributed by atoms with Crippen LogP contribution in [0.1, 0.15) is 13.8 Å². The Morgan fingerprint density at radius 2 is 1.22 bits per heavy atom. The summed E-state index contributed by atoms with van der Waals surface area (Å²) >= 11 is -2.44. The van der Waals surface area contributed by atoms with E-state index in [0.29, 0.717) is 0 Å². The molecule has 0 aliphatic carbocycles. The summed E-state index contributed by atoms with van der Waals surface area (Å²) in [6.07, 6.45) is 11.5. The van der Waals surface area contributed by atoms with E-state index in [9.17, 15) is 13.8 Å². The molecule has 0 saturated heterocycles. The quantitative estimate of drug-likeness (QED) is 0.544. The molecule has 0 spiro atoms. The molecular formula is C12H14O5S. The monoisotopic (exact) mass is 270 g/mol. The number of hydrogen-bond donors (Lipinski definition) is 0. The standard InChI is InChI=1S/C12H14O5S/c1-3-5-7-9-11(13)16-18(15)17-12(14)10-8-6-4-2/h3-10H,1-2H3/b5-3+,6-4+,9-7+,10-8+. The predicted octanol–water partition coefficient (Wildman–Crippen LogP) is 1.92. The van der Waals surface area contributed by atoms with Crippen molar-refractivity contribution in [3.8, 4) is 0 Å². The highest BCUT2D eigenvalue weighted by Gasteiger charge is 2.10. The molecule has 0 fully saturated rings. The fourth-order valence-corrected chi connectivity index (χ4v) is 1.11. The molecule has 0 aromatic carbocycles. The first-order chi connectivity index (χ1) is 8.60. The number of allylic oxidation sites excluding steroid dienone is 6. The van der Waals surface area contributed by atoms with Crippen LogP contribution >= 0.6 is 0 Å². The van der Waals surface area contributed by atoms with E-state index in [1.165, 1.54) is 12.2 Å².